The van der Waals surface area contributed by atoms with Crippen molar-refractivity contribution in [1.29, 1.82) is 0 Å². The lowest BCUT2D eigenvalue weighted by Crippen LogP contribution is -2.11. The maximum absolute atomic E-state index is 12.2. The standard InChI is InChI=1S/C26H28O4/c1-4-28-26(27)23-15-16-24(29-18-19(2)21-11-7-5-8-12-21)25(17-23)30-20(3)22-13-9-6-10-14-22/h5-17,19-20H,4,18H2,1-3H3/t19-,20+/m1/s1. The van der Waals surface area contributed by atoms with Gasteiger partial charge in [-0.2, -0.15) is 0 Å². The Morgan fingerprint density at radius 2 is 1.47 bits per heavy atom. The zero-order chi connectivity index (χ0) is 21.3. The molecule has 0 radical (unpaired) electrons. The summed E-state index contributed by atoms with van der Waals surface area (Å²) in [7, 11) is 0. The van der Waals surface area contributed by atoms with Crippen LogP contribution in [0.3, 0.4) is 0 Å². The van der Waals surface area contributed by atoms with E-state index >= 15 is 0 Å². The van der Waals surface area contributed by atoms with Crippen LogP contribution in [0.5, 0.6) is 11.5 Å². The molecule has 0 fully saturated rings. The number of carbonyl (C=O) groups is 1. The first-order valence-corrected chi connectivity index (χ1v) is 10.3. The molecule has 3 aromatic rings. The molecule has 0 heterocycles. The molecule has 0 aliphatic rings. The van der Waals surface area contributed by atoms with Crippen LogP contribution in [0.1, 0.15) is 54.3 Å². The van der Waals surface area contributed by atoms with Gasteiger partial charge in [-0.25, -0.2) is 4.79 Å². The molecular weight excluding hydrogens is 376 g/mol. The minimum atomic E-state index is -0.376. The first-order chi connectivity index (χ1) is 14.6. The highest BCUT2D eigenvalue weighted by Gasteiger charge is 2.17. The van der Waals surface area contributed by atoms with Crippen LogP contribution in [0.2, 0.25) is 0 Å². The van der Waals surface area contributed by atoms with Crippen molar-refractivity contribution in [2.24, 2.45) is 0 Å². The van der Waals surface area contributed by atoms with Gasteiger partial charge in [-0.3, -0.25) is 0 Å². The van der Waals surface area contributed by atoms with Crippen molar-refractivity contribution in [1.82, 2.24) is 0 Å². The summed E-state index contributed by atoms with van der Waals surface area (Å²) in [6.45, 7) is 6.70. The molecule has 0 N–H and O–H groups in total. The molecule has 0 aliphatic carbocycles. The first kappa shape index (κ1) is 21.4. The van der Waals surface area contributed by atoms with Gasteiger partial charge >= 0.3 is 5.97 Å². The monoisotopic (exact) mass is 404 g/mol. The van der Waals surface area contributed by atoms with E-state index in [1.165, 1.54) is 5.56 Å². The third-order valence-corrected chi connectivity index (χ3v) is 4.89. The van der Waals surface area contributed by atoms with Gasteiger partial charge in [-0.05, 0) is 43.2 Å². The van der Waals surface area contributed by atoms with E-state index in [-0.39, 0.29) is 18.0 Å². The third-order valence-electron chi connectivity index (χ3n) is 4.89. The summed E-state index contributed by atoms with van der Waals surface area (Å²) in [5.74, 6) is 0.972. The second-order valence-electron chi connectivity index (χ2n) is 7.18. The molecule has 3 rings (SSSR count). The lowest BCUT2D eigenvalue weighted by Gasteiger charge is -2.20. The largest absolute Gasteiger partial charge is 0.489 e. The molecule has 0 aromatic heterocycles. The Morgan fingerprint density at radius 1 is 0.833 bits per heavy atom. The number of ether oxygens (including phenoxy) is 3. The zero-order valence-electron chi connectivity index (χ0n) is 17.7. The van der Waals surface area contributed by atoms with Gasteiger partial charge in [0.25, 0.3) is 0 Å². The van der Waals surface area contributed by atoms with Gasteiger partial charge in [0, 0.05) is 5.92 Å². The van der Waals surface area contributed by atoms with E-state index in [2.05, 4.69) is 19.1 Å². The lowest BCUT2D eigenvalue weighted by molar-refractivity contribution is 0.0525. The van der Waals surface area contributed by atoms with E-state index in [9.17, 15) is 4.79 Å². The average Bonchev–Trinajstić information content (AvgIpc) is 2.79. The normalized spacial score (nSPS) is 12.6. The van der Waals surface area contributed by atoms with Crippen LogP contribution in [0.4, 0.5) is 0 Å². The van der Waals surface area contributed by atoms with Crippen molar-refractivity contribution >= 4 is 5.97 Å². The van der Waals surface area contributed by atoms with Crippen LogP contribution >= 0.6 is 0 Å². The molecule has 156 valence electrons. The van der Waals surface area contributed by atoms with E-state index in [0.717, 1.165) is 5.56 Å². The summed E-state index contributed by atoms with van der Waals surface area (Å²) >= 11 is 0. The summed E-state index contributed by atoms with van der Waals surface area (Å²) < 4.78 is 17.4. The number of carbonyl (C=O) groups excluding carboxylic acids is 1. The van der Waals surface area contributed by atoms with E-state index < -0.39 is 0 Å². The molecule has 3 aromatic carbocycles. The molecule has 0 amide bonds. The molecule has 4 heteroatoms. The maximum atomic E-state index is 12.2. The Balaban J connectivity index is 1.80. The fourth-order valence-corrected chi connectivity index (χ4v) is 3.14. The van der Waals surface area contributed by atoms with Crippen LogP contribution in [0, 0.1) is 0 Å². The number of hydrogen-bond acceptors (Lipinski definition) is 4. The van der Waals surface area contributed by atoms with Crippen LogP contribution in [-0.4, -0.2) is 19.2 Å². The third kappa shape index (κ3) is 5.63. The molecule has 0 bridgehead atoms. The number of hydrogen-bond donors (Lipinski definition) is 0. The summed E-state index contributed by atoms with van der Waals surface area (Å²) in [5.41, 5.74) is 2.69. The summed E-state index contributed by atoms with van der Waals surface area (Å²) in [4.78, 5) is 12.2. The van der Waals surface area contributed by atoms with Crippen molar-refractivity contribution in [2.75, 3.05) is 13.2 Å². The molecular formula is C26H28O4. The lowest BCUT2D eigenvalue weighted by atomic mass is 10.0. The number of esters is 1. The van der Waals surface area contributed by atoms with Gasteiger partial charge in [-0.1, -0.05) is 67.6 Å². The summed E-state index contributed by atoms with van der Waals surface area (Å²) in [6.07, 6.45) is -0.197. The first-order valence-electron chi connectivity index (χ1n) is 10.3. The van der Waals surface area contributed by atoms with Crippen LogP contribution in [-0.2, 0) is 4.74 Å². The van der Waals surface area contributed by atoms with Gasteiger partial charge in [0.1, 0.15) is 6.10 Å². The number of benzene rings is 3. The second kappa shape index (κ2) is 10.5. The highest BCUT2D eigenvalue weighted by Crippen LogP contribution is 2.33. The van der Waals surface area contributed by atoms with Crippen molar-refractivity contribution in [3.63, 3.8) is 0 Å². The molecule has 0 spiro atoms. The van der Waals surface area contributed by atoms with Gasteiger partial charge in [0.2, 0.25) is 0 Å². The molecule has 4 nitrogen and oxygen atoms in total. The molecule has 0 aliphatic heterocycles. The minimum absolute atomic E-state index is 0.197. The summed E-state index contributed by atoms with van der Waals surface area (Å²) in [5, 5.41) is 0. The SMILES string of the molecule is CCOC(=O)c1ccc(OC[C@@H](C)c2ccccc2)c(O[C@@H](C)c2ccccc2)c1. The highest BCUT2D eigenvalue weighted by atomic mass is 16.5. The second-order valence-corrected chi connectivity index (χ2v) is 7.18. The average molecular weight is 405 g/mol. The predicted molar refractivity (Wildman–Crippen MR) is 118 cm³/mol. The Hall–Kier alpha value is -3.27. The predicted octanol–water partition coefficient (Wildman–Crippen LogP) is 6.19. The van der Waals surface area contributed by atoms with Crippen LogP contribution < -0.4 is 9.47 Å². The Labute approximate surface area is 178 Å². The Morgan fingerprint density at radius 3 is 2.10 bits per heavy atom. The number of rotatable bonds is 9. The van der Waals surface area contributed by atoms with Crippen molar-refractivity contribution in [3.05, 3.63) is 95.6 Å². The Kier molecular flexibility index (Phi) is 7.50. The van der Waals surface area contributed by atoms with Gasteiger partial charge in [0.15, 0.2) is 11.5 Å². The molecule has 30 heavy (non-hydrogen) atoms. The quantitative estimate of drug-likeness (QED) is 0.399. The van der Waals surface area contributed by atoms with Crippen LogP contribution in [0.25, 0.3) is 0 Å². The smallest absolute Gasteiger partial charge is 0.338 e. The van der Waals surface area contributed by atoms with Crippen molar-refractivity contribution < 1.29 is 19.0 Å². The molecule has 0 saturated carbocycles. The van der Waals surface area contributed by atoms with Gasteiger partial charge < -0.3 is 14.2 Å². The van der Waals surface area contributed by atoms with E-state index in [0.29, 0.717) is 30.3 Å². The molecule has 0 saturated heterocycles. The molecule has 0 unspecified atom stereocenters. The van der Waals surface area contributed by atoms with Crippen LogP contribution in [0.15, 0.2) is 78.9 Å². The van der Waals surface area contributed by atoms with Crippen molar-refractivity contribution in [3.8, 4) is 11.5 Å². The van der Waals surface area contributed by atoms with E-state index in [1.807, 2.05) is 55.5 Å². The minimum Gasteiger partial charge on any atom is -0.489 e. The highest BCUT2D eigenvalue weighted by molar-refractivity contribution is 5.90. The maximum Gasteiger partial charge on any atom is 0.338 e. The topological polar surface area (TPSA) is 44.8 Å². The van der Waals surface area contributed by atoms with E-state index in [4.69, 9.17) is 14.2 Å². The van der Waals surface area contributed by atoms with Crippen molar-refractivity contribution in [2.45, 2.75) is 32.8 Å². The Bertz CT molecular complexity index is 938. The fraction of sp³-hybridized carbons (Fsp3) is 0.269. The fourth-order valence-electron chi connectivity index (χ4n) is 3.14. The zero-order valence-corrected chi connectivity index (χ0v) is 17.7. The van der Waals surface area contributed by atoms with E-state index in [1.54, 1.807) is 25.1 Å². The van der Waals surface area contributed by atoms with Gasteiger partial charge in [0.05, 0.1) is 18.8 Å². The summed E-state index contributed by atoms with van der Waals surface area (Å²) in [6, 6.07) is 25.4. The molecule has 2 atom stereocenters. The van der Waals surface area contributed by atoms with Gasteiger partial charge in [-0.15, -0.1) is 0 Å².